The molecule has 2 N–H and O–H groups in total. The SMILES string of the molecule is CCn1ncc2c(NC3CCOCC3)c(C(=O)NC3(c4ccccc4Cl)CCCC3)cnc21. The molecular weight excluding hydrogens is 438 g/mol. The second-order valence-corrected chi connectivity index (χ2v) is 9.41. The Kier molecular flexibility index (Phi) is 6.25. The Morgan fingerprint density at radius 2 is 1.97 bits per heavy atom. The molecular formula is C25H30ClN5O2. The minimum atomic E-state index is -0.464. The molecule has 2 aromatic heterocycles. The van der Waals surface area contributed by atoms with E-state index >= 15 is 0 Å². The van der Waals surface area contributed by atoms with Gasteiger partial charge in [-0.1, -0.05) is 42.6 Å². The zero-order chi connectivity index (χ0) is 22.8. The van der Waals surface area contributed by atoms with Crippen LogP contribution < -0.4 is 10.6 Å². The van der Waals surface area contributed by atoms with Crippen LogP contribution in [0.1, 0.15) is 61.4 Å². The Balaban J connectivity index is 1.53. The number of fused-ring (bicyclic) bond motifs is 1. The first-order valence-corrected chi connectivity index (χ1v) is 12.3. The highest BCUT2D eigenvalue weighted by molar-refractivity contribution is 6.31. The first-order valence-electron chi connectivity index (χ1n) is 11.9. The number of ether oxygens (including phenoxy) is 1. The molecule has 5 rings (SSSR count). The molecule has 33 heavy (non-hydrogen) atoms. The zero-order valence-corrected chi connectivity index (χ0v) is 19.7. The molecule has 1 aliphatic carbocycles. The quantitative estimate of drug-likeness (QED) is 0.539. The molecule has 8 heteroatoms. The third-order valence-corrected chi connectivity index (χ3v) is 7.31. The normalized spacial score (nSPS) is 18.5. The van der Waals surface area contributed by atoms with Crippen LogP contribution in [0.15, 0.2) is 36.7 Å². The van der Waals surface area contributed by atoms with Gasteiger partial charge in [0.2, 0.25) is 0 Å². The Bertz CT molecular complexity index is 1150. The van der Waals surface area contributed by atoms with E-state index in [-0.39, 0.29) is 11.9 Å². The highest BCUT2D eigenvalue weighted by Gasteiger charge is 2.39. The van der Waals surface area contributed by atoms with Gasteiger partial charge in [-0.05, 0) is 44.2 Å². The molecule has 1 aliphatic heterocycles. The van der Waals surface area contributed by atoms with Crippen molar-refractivity contribution in [1.29, 1.82) is 0 Å². The van der Waals surface area contributed by atoms with Gasteiger partial charge in [0.25, 0.3) is 5.91 Å². The molecule has 1 amide bonds. The predicted molar refractivity (Wildman–Crippen MR) is 130 cm³/mol. The summed E-state index contributed by atoms with van der Waals surface area (Å²) in [5, 5.41) is 13.1. The third-order valence-electron chi connectivity index (χ3n) is 6.98. The van der Waals surface area contributed by atoms with Gasteiger partial charge in [0.05, 0.1) is 28.4 Å². The summed E-state index contributed by atoms with van der Waals surface area (Å²) >= 11 is 6.58. The number of aromatic nitrogens is 3. The highest BCUT2D eigenvalue weighted by Crippen LogP contribution is 2.42. The number of hydrogen-bond acceptors (Lipinski definition) is 5. The number of amides is 1. The maximum absolute atomic E-state index is 13.8. The number of rotatable bonds is 6. The summed E-state index contributed by atoms with van der Waals surface area (Å²) < 4.78 is 7.38. The topological polar surface area (TPSA) is 81.1 Å². The van der Waals surface area contributed by atoms with Crippen molar-refractivity contribution in [2.75, 3.05) is 18.5 Å². The largest absolute Gasteiger partial charge is 0.381 e. The molecule has 1 saturated carbocycles. The summed E-state index contributed by atoms with van der Waals surface area (Å²) in [5.41, 5.74) is 2.66. The van der Waals surface area contributed by atoms with Gasteiger partial charge < -0.3 is 15.4 Å². The van der Waals surface area contributed by atoms with Crippen molar-refractivity contribution in [3.63, 3.8) is 0 Å². The van der Waals surface area contributed by atoms with Crippen LogP contribution in [0.25, 0.3) is 11.0 Å². The number of halogens is 1. The van der Waals surface area contributed by atoms with Crippen molar-refractivity contribution in [1.82, 2.24) is 20.1 Å². The van der Waals surface area contributed by atoms with Gasteiger partial charge in [-0.2, -0.15) is 5.10 Å². The lowest BCUT2D eigenvalue weighted by atomic mass is 9.87. The fourth-order valence-electron chi connectivity index (χ4n) is 5.21. The van der Waals surface area contributed by atoms with Crippen molar-refractivity contribution in [2.24, 2.45) is 0 Å². The number of benzene rings is 1. The summed E-state index contributed by atoms with van der Waals surface area (Å²) in [6.45, 7) is 4.19. The van der Waals surface area contributed by atoms with Crippen LogP contribution in [0.4, 0.5) is 5.69 Å². The van der Waals surface area contributed by atoms with E-state index in [9.17, 15) is 4.79 Å². The summed E-state index contributed by atoms with van der Waals surface area (Å²) in [6.07, 6.45) is 9.14. The number of nitrogens with one attached hydrogen (secondary N) is 2. The number of carbonyl (C=O) groups excluding carboxylic acids is 1. The van der Waals surface area contributed by atoms with Gasteiger partial charge in [0, 0.05) is 37.0 Å². The first kappa shape index (κ1) is 22.2. The van der Waals surface area contributed by atoms with Gasteiger partial charge in [-0.3, -0.25) is 4.79 Å². The van der Waals surface area contributed by atoms with Crippen molar-refractivity contribution in [3.8, 4) is 0 Å². The van der Waals surface area contributed by atoms with E-state index in [4.69, 9.17) is 16.3 Å². The van der Waals surface area contributed by atoms with Crippen molar-refractivity contribution < 1.29 is 9.53 Å². The molecule has 174 valence electrons. The molecule has 2 fully saturated rings. The summed E-state index contributed by atoms with van der Waals surface area (Å²) in [4.78, 5) is 18.4. The Labute approximate surface area is 198 Å². The molecule has 0 radical (unpaired) electrons. The molecule has 0 spiro atoms. The van der Waals surface area contributed by atoms with Gasteiger partial charge in [0.1, 0.15) is 0 Å². The van der Waals surface area contributed by atoms with Crippen molar-refractivity contribution in [2.45, 2.75) is 63.6 Å². The number of anilines is 1. The standard InChI is InChI=1S/C25H30ClN5O2/c1-2-31-23-18(16-28-31)22(29-17-9-13-33-14-10-17)19(15-27-23)24(32)30-25(11-5-6-12-25)20-7-3-4-8-21(20)26/h3-4,7-8,15-17H,2,5-6,9-14H2,1H3,(H,27,29)(H,30,32). The molecule has 1 aromatic carbocycles. The molecule has 7 nitrogen and oxygen atoms in total. The van der Waals surface area contributed by atoms with Crippen molar-refractivity contribution in [3.05, 3.63) is 52.8 Å². The lowest BCUT2D eigenvalue weighted by molar-refractivity contribution is 0.0894. The van der Waals surface area contributed by atoms with Crippen LogP contribution in [0.3, 0.4) is 0 Å². The number of nitrogens with zero attached hydrogens (tertiary/aromatic N) is 3. The lowest BCUT2D eigenvalue weighted by Crippen LogP contribution is -2.44. The van der Waals surface area contributed by atoms with Gasteiger partial charge in [-0.15, -0.1) is 0 Å². The monoisotopic (exact) mass is 467 g/mol. The maximum atomic E-state index is 13.8. The van der Waals surface area contributed by atoms with E-state index in [1.165, 1.54) is 0 Å². The average molecular weight is 468 g/mol. The number of hydrogen-bond donors (Lipinski definition) is 2. The Morgan fingerprint density at radius 3 is 2.70 bits per heavy atom. The first-order chi connectivity index (χ1) is 16.1. The number of aryl methyl sites for hydroxylation is 1. The highest BCUT2D eigenvalue weighted by atomic mass is 35.5. The minimum absolute atomic E-state index is 0.134. The van der Waals surface area contributed by atoms with Crippen LogP contribution in [-0.2, 0) is 16.8 Å². The van der Waals surface area contributed by atoms with Crippen molar-refractivity contribution >= 4 is 34.2 Å². The molecule has 3 heterocycles. The van der Waals surface area contributed by atoms with Crippen LogP contribution in [0, 0.1) is 0 Å². The summed E-state index contributed by atoms with van der Waals surface area (Å²) in [5.74, 6) is -0.134. The fourth-order valence-corrected chi connectivity index (χ4v) is 5.52. The molecule has 2 aliphatic rings. The van der Waals surface area contributed by atoms with E-state index in [1.807, 2.05) is 42.1 Å². The predicted octanol–water partition coefficient (Wildman–Crippen LogP) is 4.89. The minimum Gasteiger partial charge on any atom is -0.381 e. The molecule has 1 saturated heterocycles. The van der Waals surface area contributed by atoms with Crippen LogP contribution in [-0.4, -0.2) is 39.9 Å². The zero-order valence-electron chi connectivity index (χ0n) is 18.9. The van der Waals surface area contributed by atoms with E-state index in [2.05, 4.69) is 20.7 Å². The number of pyridine rings is 1. The van der Waals surface area contributed by atoms with Crippen LogP contribution in [0.2, 0.25) is 5.02 Å². The summed E-state index contributed by atoms with van der Waals surface area (Å²) in [6, 6.07) is 8.08. The van der Waals surface area contributed by atoms with E-state index in [0.29, 0.717) is 17.1 Å². The molecule has 0 unspecified atom stereocenters. The number of carbonyl (C=O) groups is 1. The van der Waals surface area contributed by atoms with Gasteiger partial charge in [0.15, 0.2) is 5.65 Å². The summed E-state index contributed by atoms with van der Waals surface area (Å²) in [7, 11) is 0. The van der Waals surface area contributed by atoms with Gasteiger partial charge in [-0.25, -0.2) is 9.67 Å². The van der Waals surface area contributed by atoms with Crippen LogP contribution in [0.5, 0.6) is 0 Å². The lowest BCUT2D eigenvalue weighted by Gasteiger charge is -2.32. The van der Waals surface area contributed by atoms with E-state index in [1.54, 1.807) is 6.20 Å². The molecule has 3 aromatic rings. The Hall–Kier alpha value is -2.64. The second-order valence-electron chi connectivity index (χ2n) is 9.00. The van der Waals surface area contributed by atoms with E-state index < -0.39 is 5.54 Å². The second kappa shape index (κ2) is 9.31. The van der Waals surface area contributed by atoms with E-state index in [0.717, 1.165) is 74.0 Å². The Morgan fingerprint density at radius 1 is 1.21 bits per heavy atom. The molecule has 0 atom stereocenters. The smallest absolute Gasteiger partial charge is 0.255 e. The van der Waals surface area contributed by atoms with Gasteiger partial charge >= 0.3 is 0 Å². The van der Waals surface area contributed by atoms with Crippen LogP contribution >= 0.6 is 11.6 Å². The fraction of sp³-hybridized carbons (Fsp3) is 0.480. The molecule has 0 bridgehead atoms. The maximum Gasteiger partial charge on any atom is 0.255 e. The average Bonchev–Trinajstić information content (AvgIpc) is 3.48. The third kappa shape index (κ3) is 4.20.